The summed E-state index contributed by atoms with van der Waals surface area (Å²) in [5, 5.41) is 4.86. The molecule has 1 heterocycles. The average molecular weight is 740 g/mol. The monoisotopic (exact) mass is 739 g/mol. The number of rotatable bonds is 9. The fraction of sp³-hybridized carbons (Fsp3) is 0.130. The Morgan fingerprint density at radius 3 is 2.05 bits per heavy atom. The van der Waals surface area contributed by atoms with Gasteiger partial charge in [0.1, 0.15) is 0 Å². The molecule has 0 spiro atoms. The molecular weight excluding hydrogens is 691 g/mol. The molecule has 7 rings (SSSR count). The number of nitrogens with zero attached hydrogens (tertiary/aromatic N) is 3. The molecule has 0 bridgehead atoms. The standard InChI is InChI=1S/C29H26N2.C25H23N/c1-5-11-20(2)23-16-18-25(19-17-23)29-30-27(24-13-7-6-8-14-24)22(4)28(31-29)26-15-10-9-12-21(26)3;1-5-7-12-20(6-2)18(3)26-19(4)25-17-21-13-8-9-14-22(21)23-15-10-11-16-24(23)25/h6-10,12-20H,1-4H3;5-17H,1,4H2,2-3H3/b;12-7-,20-6+,26-18?. The lowest BCUT2D eigenvalue weighted by Gasteiger charge is -2.15. The molecule has 0 N–H and O–H groups in total. The molecule has 280 valence electrons. The highest BCUT2D eigenvalue weighted by atomic mass is 14.9. The van der Waals surface area contributed by atoms with Gasteiger partial charge in [0.05, 0.1) is 17.1 Å². The summed E-state index contributed by atoms with van der Waals surface area (Å²) in [6.07, 6.45) is 7.74. The van der Waals surface area contributed by atoms with Crippen LogP contribution in [0.3, 0.4) is 0 Å². The van der Waals surface area contributed by atoms with Crippen LogP contribution in [0, 0.1) is 25.7 Å². The molecule has 0 amide bonds. The fourth-order valence-corrected chi connectivity index (χ4v) is 7.06. The smallest absolute Gasteiger partial charge is 0.160 e. The highest BCUT2D eigenvalue weighted by molar-refractivity contribution is 6.13. The van der Waals surface area contributed by atoms with Crippen molar-refractivity contribution in [3.8, 4) is 45.7 Å². The number of benzene rings is 6. The van der Waals surface area contributed by atoms with Crippen molar-refractivity contribution in [2.45, 2.75) is 47.5 Å². The van der Waals surface area contributed by atoms with Crippen molar-refractivity contribution < 1.29 is 0 Å². The summed E-state index contributed by atoms with van der Waals surface area (Å²) >= 11 is 0. The van der Waals surface area contributed by atoms with Crippen molar-refractivity contribution in [3.05, 3.63) is 199 Å². The quantitative estimate of drug-likeness (QED) is 0.0640. The Morgan fingerprint density at radius 1 is 0.737 bits per heavy atom. The summed E-state index contributed by atoms with van der Waals surface area (Å²) in [5.74, 6) is 7.16. The van der Waals surface area contributed by atoms with Crippen LogP contribution in [0.2, 0.25) is 0 Å². The van der Waals surface area contributed by atoms with Crippen LogP contribution in [-0.2, 0) is 0 Å². The van der Waals surface area contributed by atoms with Crippen molar-refractivity contribution in [1.82, 2.24) is 9.97 Å². The lowest BCUT2D eigenvalue weighted by atomic mass is 9.96. The third-order valence-electron chi connectivity index (χ3n) is 10.1. The number of hydrogen-bond donors (Lipinski definition) is 0. The van der Waals surface area contributed by atoms with Crippen LogP contribution in [0.25, 0.3) is 61.1 Å². The predicted octanol–water partition coefficient (Wildman–Crippen LogP) is 14.3. The number of allylic oxidation sites excluding steroid dienone is 5. The summed E-state index contributed by atoms with van der Waals surface area (Å²) < 4.78 is 0. The van der Waals surface area contributed by atoms with Crippen LogP contribution >= 0.6 is 0 Å². The van der Waals surface area contributed by atoms with Gasteiger partial charge in [0.2, 0.25) is 0 Å². The van der Waals surface area contributed by atoms with E-state index in [1.54, 1.807) is 6.08 Å². The van der Waals surface area contributed by atoms with Crippen molar-refractivity contribution >= 4 is 33.0 Å². The minimum atomic E-state index is 0.209. The number of aromatic nitrogens is 2. The zero-order chi connectivity index (χ0) is 40.3. The Balaban J connectivity index is 0.000000196. The van der Waals surface area contributed by atoms with Gasteiger partial charge in [-0.15, -0.1) is 5.92 Å². The van der Waals surface area contributed by atoms with Crippen molar-refractivity contribution in [1.29, 1.82) is 0 Å². The Morgan fingerprint density at radius 2 is 1.37 bits per heavy atom. The first-order valence-corrected chi connectivity index (χ1v) is 19.4. The molecule has 0 aliphatic heterocycles. The summed E-state index contributed by atoms with van der Waals surface area (Å²) in [7, 11) is 0. The van der Waals surface area contributed by atoms with Gasteiger partial charge in [-0.1, -0.05) is 171 Å². The largest absolute Gasteiger partial charge is 0.253 e. The highest BCUT2D eigenvalue weighted by Gasteiger charge is 2.17. The molecule has 1 aromatic heterocycles. The minimum Gasteiger partial charge on any atom is -0.253 e. The van der Waals surface area contributed by atoms with E-state index < -0.39 is 0 Å². The first-order chi connectivity index (χ1) is 27.7. The first-order valence-electron chi connectivity index (χ1n) is 19.4. The topological polar surface area (TPSA) is 38.1 Å². The van der Waals surface area contributed by atoms with Gasteiger partial charge in [0.15, 0.2) is 5.82 Å². The Labute approximate surface area is 338 Å². The lowest BCUT2D eigenvalue weighted by molar-refractivity contribution is 1.00. The fourth-order valence-electron chi connectivity index (χ4n) is 7.06. The van der Waals surface area contributed by atoms with E-state index in [4.69, 9.17) is 15.0 Å². The normalized spacial score (nSPS) is 12.1. The van der Waals surface area contributed by atoms with Gasteiger partial charge in [0.25, 0.3) is 0 Å². The molecular formula is C54H49N3. The van der Waals surface area contributed by atoms with E-state index in [0.717, 1.165) is 62.0 Å². The Bertz CT molecular complexity index is 2720. The maximum Gasteiger partial charge on any atom is 0.160 e. The number of aliphatic imine (C=N–C) groups is 1. The van der Waals surface area contributed by atoms with Gasteiger partial charge < -0.3 is 0 Å². The third kappa shape index (κ3) is 9.16. The van der Waals surface area contributed by atoms with Gasteiger partial charge in [-0.25, -0.2) is 9.97 Å². The van der Waals surface area contributed by atoms with Gasteiger partial charge in [-0.2, -0.15) is 0 Å². The Hall–Kier alpha value is -6.89. The van der Waals surface area contributed by atoms with Crippen molar-refractivity contribution in [2.24, 2.45) is 4.99 Å². The van der Waals surface area contributed by atoms with Gasteiger partial charge in [-0.05, 0) is 85.9 Å². The lowest BCUT2D eigenvalue weighted by Crippen LogP contribution is -2.01. The molecule has 1 unspecified atom stereocenters. The highest BCUT2D eigenvalue weighted by Crippen LogP contribution is 2.35. The predicted molar refractivity (Wildman–Crippen MR) is 246 cm³/mol. The zero-order valence-electron chi connectivity index (χ0n) is 33.8. The van der Waals surface area contributed by atoms with Gasteiger partial charge in [0, 0.05) is 39.4 Å². The molecule has 0 aliphatic rings. The summed E-state index contributed by atoms with van der Waals surface area (Å²) in [4.78, 5) is 14.8. The van der Waals surface area contributed by atoms with E-state index in [0.29, 0.717) is 0 Å². The van der Waals surface area contributed by atoms with E-state index in [1.165, 1.54) is 32.7 Å². The second kappa shape index (κ2) is 18.6. The molecule has 7 aromatic rings. The maximum atomic E-state index is 5.03. The van der Waals surface area contributed by atoms with E-state index in [-0.39, 0.29) is 5.92 Å². The molecule has 0 saturated heterocycles. The molecule has 57 heavy (non-hydrogen) atoms. The number of fused-ring (bicyclic) bond motifs is 3. The summed E-state index contributed by atoms with van der Waals surface area (Å²) in [6.45, 7) is 20.3. The van der Waals surface area contributed by atoms with Gasteiger partial charge >= 0.3 is 0 Å². The van der Waals surface area contributed by atoms with E-state index in [9.17, 15) is 0 Å². The molecule has 6 aromatic carbocycles. The van der Waals surface area contributed by atoms with E-state index in [2.05, 4.69) is 173 Å². The molecule has 0 radical (unpaired) electrons. The van der Waals surface area contributed by atoms with Crippen LogP contribution < -0.4 is 0 Å². The molecule has 1 atom stereocenters. The summed E-state index contributed by atoms with van der Waals surface area (Å²) in [5.41, 5.74) is 12.5. The van der Waals surface area contributed by atoms with Gasteiger partial charge in [-0.3, -0.25) is 4.99 Å². The second-order valence-electron chi connectivity index (χ2n) is 14.0. The zero-order valence-corrected chi connectivity index (χ0v) is 33.8. The molecule has 0 saturated carbocycles. The SMILES string of the molecule is C=C/C=C\C(=C/C)C(C)=NC(=C)c1cc2ccccc2c2ccccc12.CC#CC(C)c1ccc(-c2nc(-c3ccccc3)c(C)c(-c3ccccc3C)n2)cc1. The molecule has 3 heteroatoms. The molecule has 0 fully saturated rings. The average Bonchev–Trinajstić information content (AvgIpc) is 3.24. The molecule has 0 aliphatic carbocycles. The number of hydrogen-bond acceptors (Lipinski definition) is 3. The third-order valence-corrected chi connectivity index (χ3v) is 10.1. The van der Waals surface area contributed by atoms with E-state index >= 15 is 0 Å². The minimum absolute atomic E-state index is 0.209. The van der Waals surface area contributed by atoms with Crippen LogP contribution in [0.4, 0.5) is 0 Å². The van der Waals surface area contributed by atoms with Crippen LogP contribution in [0.1, 0.15) is 55.9 Å². The van der Waals surface area contributed by atoms with Crippen molar-refractivity contribution in [2.75, 3.05) is 0 Å². The second-order valence-corrected chi connectivity index (χ2v) is 14.0. The van der Waals surface area contributed by atoms with Crippen LogP contribution in [0.5, 0.6) is 0 Å². The Kier molecular flexibility index (Phi) is 13.0. The van der Waals surface area contributed by atoms with E-state index in [1.807, 2.05) is 45.1 Å². The number of aryl methyl sites for hydroxylation is 1. The van der Waals surface area contributed by atoms with Crippen molar-refractivity contribution in [3.63, 3.8) is 0 Å². The van der Waals surface area contributed by atoms with Crippen LogP contribution in [-0.4, -0.2) is 15.7 Å². The maximum absolute atomic E-state index is 5.03. The van der Waals surface area contributed by atoms with Crippen LogP contribution in [0.15, 0.2) is 181 Å². The molecule has 3 nitrogen and oxygen atoms in total. The summed E-state index contributed by atoms with van der Waals surface area (Å²) in [6, 6.07) is 46.3. The first kappa shape index (κ1) is 39.8.